The Balaban J connectivity index is 1.74. The van der Waals surface area contributed by atoms with E-state index in [2.05, 4.69) is 19.2 Å². The van der Waals surface area contributed by atoms with E-state index in [-0.39, 0.29) is 6.10 Å². The summed E-state index contributed by atoms with van der Waals surface area (Å²) in [6.45, 7) is 6.81. The summed E-state index contributed by atoms with van der Waals surface area (Å²) < 4.78 is 11.5. The molecule has 1 saturated heterocycles. The highest BCUT2D eigenvalue weighted by Crippen LogP contribution is 2.23. The molecule has 4 heteroatoms. The molecule has 0 saturated carbocycles. The van der Waals surface area contributed by atoms with Gasteiger partial charge < -0.3 is 14.8 Å². The van der Waals surface area contributed by atoms with Crippen LogP contribution < -0.4 is 10.1 Å². The van der Waals surface area contributed by atoms with Gasteiger partial charge in [-0.15, -0.1) is 0 Å². The lowest BCUT2D eigenvalue weighted by atomic mass is 10.1. The van der Waals surface area contributed by atoms with Crippen LogP contribution in [0.2, 0.25) is 5.02 Å². The maximum Gasteiger partial charge on any atom is 0.120 e. The van der Waals surface area contributed by atoms with E-state index in [1.807, 2.05) is 18.2 Å². The molecule has 0 bridgehead atoms. The second-order valence-corrected chi connectivity index (χ2v) is 5.74. The van der Waals surface area contributed by atoms with Crippen molar-refractivity contribution in [3.8, 4) is 5.75 Å². The summed E-state index contributed by atoms with van der Waals surface area (Å²) in [4.78, 5) is 0. The van der Waals surface area contributed by atoms with Crippen molar-refractivity contribution in [1.82, 2.24) is 5.32 Å². The Morgan fingerprint density at radius 2 is 2.35 bits per heavy atom. The van der Waals surface area contributed by atoms with Gasteiger partial charge in [-0.2, -0.15) is 0 Å². The van der Waals surface area contributed by atoms with Crippen LogP contribution >= 0.6 is 11.6 Å². The van der Waals surface area contributed by atoms with Gasteiger partial charge in [0.1, 0.15) is 11.9 Å². The van der Waals surface area contributed by atoms with E-state index in [1.54, 1.807) is 0 Å². The zero-order valence-corrected chi connectivity index (χ0v) is 13.1. The Morgan fingerprint density at radius 3 is 3.05 bits per heavy atom. The van der Waals surface area contributed by atoms with Gasteiger partial charge in [-0.3, -0.25) is 0 Å². The first-order valence-electron chi connectivity index (χ1n) is 7.46. The molecule has 112 valence electrons. The van der Waals surface area contributed by atoms with E-state index >= 15 is 0 Å². The lowest BCUT2D eigenvalue weighted by Gasteiger charge is -2.18. The van der Waals surface area contributed by atoms with Crippen LogP contribution in [-0.2, 0) is 11.2 Å². The van der Waals surface area contributed by atoms with Crippen LogP contribution in [-0.4, -0.2) is 31.9 Å². The first-order valence-corrected chi connectivity index (χ1v) is 7.84. The predicted molar refractivity (Wildman–Crippen MR) is 82.8 cm³/mol. The summed E-state index contributed by atoms with van der Waals surface area (Å²) >= 11 is 6.11. The molecule has 1 aromatic rings. The number of halogens is 1. The third-order valence-electron chi connectivity index (χ3n) is 3.56. The average molecular weight is 298 g/mol. The second-order valence-electron chi connectivity index (χ2n) is 5.33. The summed E-state index contributed by atoms with van der Waals surface area (Å²) in [6, 6.07) is 5.86. The van der Waals surface area contributed by atoms with E-state index < -0.39 is 0 Å². The van der Waals surface area contributed by atoms with Crippen molar-refractivity contribution in [2.75, 3.05) is 19.7 Å². The molecule has 0 aliphatic carbocycles. The standard InChI is InChI=1S/C16H24ClNO2/c1-3-13-9-14(6-7-16(13)17)20-12(2)10-18-11-15-5-4-8-19-15/h6-7,9,12,15,18H,3-5,8,10-11H2,1-2H3. The number of hydrogen-bond acceptors (Lipinski definition) is 3. The van der Waals surface area contributed by atoms with Crippen LogP contribution in [0.4, 0.5) is 0 Å². The molecule has 0 aromatic heterocycles. The lowest BCUT2D eigenvalue weighted by Crippen LogP contribution is -2.34. The number of rotatable bonds is 7. The van der Waals surface area contributed by atoms with E-state index in [0.717, 1.165) is 42.5 Å². The number of hydrogen-bond donors (Lipinski definition) is 1. The third kappa shape index (κ3) is 4.65. The number of aryl methyl sites for hydroxylation is 1. The summed E-state index contributed by atoms with van der Waals surface area (Å²) in [7, 11) is 0. The molecule has 3 nitrogen and oxygen atoms in total. The highest BCUT2D eigenvalue weighted by atomic mass is 35.5. The third-order valence-corrected chi connectivity index (χ3v) is 3.93. The van der Waals surface area contributed by atoms with E-state index in [4.69, 9.17) is 21.1 Å². The van der Waals surface area contributed by atoms with Crippen molar-refractivity contribution >= 4 is 11.6 Å². The summed E-state index contributed by atoms with van der Waals surface area (Å²) in [6.07, 6.45) is 3.77. The predicted octanol–water partition coefficient (Wildman–Crippen LogP) is 3.44. The minimum absolute atomic E-state index is 0.127. The molecule has 0 radical (unpaired) electrons. The van der Waals surface area contributed by atoms with Crippen molar-refractivity contribution in [1.29, 1.82) is 0 Å². The molecule has 1 N–H and O–H groups in total. The fourth-order valence-electron chi connectivity index (χ4n) is 2.42. The number of nitrogens with one attached hydrogen (secondary N) is 1. The van der Waals surface area contributed by atoms with Gasteiger partial charge in [-0.1, -0.05) is 18.5 Å². The molecule has 2 rings (SSSR count). The van der Waals surface area contributed by atoms with Gasteiger partial charge in [-0.05, 0) is 49.9 Å². The Labute approximate surface area is 126 Å². The largest absolute Gasteiger partial charge is 0.489 e. The van der Waals surface area contributed by atoms with Crippen LogP contribution in [0.5, 0.6) is 5.75 Å². The molecule has 1 heterocycles. The summed E-state index contributed by atoms with van der Waals surface area (Å²) in [5.74, 6) is 0.887. The Kier molecular flexibility index (Phi) is 6.14. The van der Waals surface area contributed by atoms with E-state index in [9.17, 15) is 0 Å². The highest BCUT2D eigenvalue weighted by molar-refractivity contribution is 6.31. The van der Waals surface area contributed by atoms with Crippen molar-refractivity contribution in [3.63, 3.8) is 0 Å². The molecule has 20 heavy (non-hydrogen) atoms. The highest BCUT2D eigenvalue weighted by Gasteiger charge is 2.15. The summed E-state index contributed by atoms with van der Waals surface area (Å²) in [5, 5.41) is 4.22. The van der Waals surface area contributed by atoms with Gasteiger partial charge in [0.25, 0.3) is 0 Å². The molecule has 1 fully saturated rings. The van der Waals surface area contributed by atoms with Crippen molar-refractivity contribution in [3.05, 3.63) is 28.8 Å². The summed E-state index contributed by atoms with van der Waals surface area (Å²) in [5.41, 5.74) is 1.13. The van der Waals surface area contributed by atoms with Crippen LogP contribution in [0.1, 0.15) is 32.3 Å². The maximum atomic E-state index is 6.11. The van der Waals surface area contributed by atoms with Gasteiger partial charge in [0.05, 0.1) is 6.10 Å². The molecule has 2 unspecified atom stereocenters. The minimum atomic E-state index is 0.127. The number of benzene rings is 1. The molecule has 1 aromatic carbocycles. The zero-order chi connectivity index (χ0) is 14.4. The molecule has 0 amide bonds. The average Bonchev–Trinajstić information content (AvgIpc) is 2.94. The van der Waals surface area contributed by atoms with Crippen LogP contribution in [0.15, 0.2) is 18.2 Å². The van der Waals surface area contributed by atoms with Gasteiger partial charge in [0, 0.05) is 24.7 Å². The number of ether oxygens (including phenoxy) is 2. The fourth-order valence-corrected chi connectivity index (χ4v) is 2.67. The Morgan fingerprint density at radius 1 is 1.50 bits per heavy atom. The topological polar surface area (TPSA) is 30.5 Å². The van der Waals surface area contributed by atoms with E-state index in [0.29, 0.717) is 6.10 Å². The smallest absolute Gasteiger partial charge is 0.120 e. The fraction of sp³-hybridized carbons (Fsp3) is 0.625. The molecule has 2 atom stereocenters. The van der Waals surface area contributed by atoms with Gasteiger partial charge >= 0.3 is 0 Å². The lowest BCUT2D eigenvalue weighted by molar-refractivity contribution is 0.106. The van der Waals surface area contributed by atoms with Gasteiger partial charge in [-0.25, -0.2) is 0 Å². The molecular formula is C16H24ClNO2. The Hall–Kier alpha value is -0.770. The first-order chi connectivity index (χ1) is 9.69. The molecule has 0 spiro atoms. The molecule has 1 aliphatic rings. The molecule has 1 aliphatic heterocycles. The Bertz CT molecular complexity index is 419. The van der Waals surface area contributed by atoms with Crippen molar-refractivity contribution in [2.24, 2.45) is 0 Å². The monoisotopic (exact) mass is 297 g/mol. The zero-order valence-electron chi connectivity index (χ0n) is 12.3. The molecular weight excluding hydrogens is 274 g/mol. The van der Waals surface area contributed by atoms with Crippen molar-refractivity contribution in [2.45, 2.75) is 45.3 Å². The van der Waals surface area contributed by atoms with Gasteiger partial charge in [0.2, 0.25) is 0 Å². The quantitative estimate of drug-likeness (QED) is 0.836. The van der Waals surface area contributed by atoms with Crippen molar-refractivity contribution < 1.29 is 9.47 Å². The van der Waals surface area contributed by atoms with E-state index in [1.165, 1.54) is 12.8 Å². The van der Waals surface area contributed by atoms with Crippen LogP contribution in [0.3, 0.4) is 0 Å². The normalized spacial score (nSPS) is 20.1. The maximum absolute atomic E-state index is 6.11. The minimum Gasteiger partial charge on any atom is -0.489 e. The SMILES string of the molecule is CCc1cc(OC(C)CNCC2CCCO2)ccc1Cl. The van der Waals surface area contributed by atoms with Crippen LogP contribution in [0, 0.1) is 0 Å². The second kappa shape index (κ2) is 7.87. The van der Waals surface area contributed by atoms with Crippen LogP contribution in [0.25, 0.3) is 0 Å². The first kappa shape index (κ1) is 15.6. The van der Waals surface area contributed by atoms with Gasteiger partial charge in [0.15, 0.2) is 0 Å².